The van der Waals surface area contributed by atoms with Crippen LogP contribution in [0.2, 0.25) is 0 Å². The third-order valence-electron chi connectivity index (χ3n) is 8.56. The zero-order valence-electron chi connectivity index (χ0n) is 29.9. The van der Waals surface area contributed by atoms with Crippen molar-refractivity contribution in [1.82, 2.24) is 25.6 Å². The van der Waals surface area contributed by atoms with Gasteiger partial charge in [-0.2, -0.15) is 5.10 Å². The van der Waals surface area contributed by atoms with E-state index in [1.807, 2.05) is 117 Å². The number of fused-ring (bicyclic) bond motifs is 4. The molecule has 0 radical (unpaired) electrons. The van der Waals surface area contributed by atoms with E-state index < -0.39 is 0 Å². The molecule has 3 aliphatic rings. The molecule has 0 aliphatic carbocycles. The third-order valence-corrected chi connectivity index (χ3v) is 8.56. The normalized spacial score (nSPS) is 13.7. The maximum Gasteiger partial charge on any atom is 0.272 e. The molecule has 4 N–H and O–H groups in total. The van der Waals surface area contributed by atoms with Crippen LogP contribution in [-0.4, -0.2) is 34.8 Å². The lowest BCUT2D eigenvalue weighted by molar-refractivity contribution is 0.0910. The molecule has 9 rings (SSSR count). The molecule has 5 heterocycles. The molecule has 6 aromatic rings. The van der Waals surface area contributed by atoms with Gasteiger partial charge in [-0.05, 0) is 78.9 Å². The minimum absolute atomic E-state index is 0.0871. The lowest BCUT2D eigenvalue weighted by Crippen LogP contribution is -2.46. The summed E-state index contributed by atoms with van der Waals surface area (Å²) in [5.41, 5.74) is 11.8. The number of methoxy groups -OCH3 is 1. The van der Waals surface area contributed by atoms with Crippen LogP contribution in [0.1, 0.15) is 41.4 Å². The lowest BCUT2D eigenvalue weighted by Gasteiger charge is -2.33. The van der Waals surface area contributed by atoms with E-state index in [0.29, 0.717) is 22.5 Å². The number of H-pyrrole nitrogens is 1. The standard InChI is InChI=1S/C18H11N3O2.C15H13N3O2.C7H10O.C2H6/c22-18-12-4-3-5-15-16(12)17(19-20-18)13-10-11(6-7-14(13)23-15)21-8-1-2-9-21;1-16-8-5-6-11-10(7-8)14-13-9(15(19)18-17-14)3-2-4-12(13)20-11;1-4-5-6-7(2)8-3;1-2/h1-10H,(H,20,22);2-7,14,16-17H,1H3,(H,18,19);4-6H,1-2H2,3H3;1-2H3/b;;6-5-;. The Balaban J connectivity index is 0.000000147. The number of hydrogen-bond acceptors (Lipinski definition) is 8. The molecule has 2 aromatic heterocycles. The van der Waals surface area contributed by atoms with E-state index in [-0.39, 0.29) is 17.5 Å². The van der Waals surface area contributed by atoms with E-state index in [1.54, 1.807) is 31.4 Å². The average Bonchev–Trinajstić information content (AvgIpc) is 3.75. The number of ether oxygens (including phenoxy) is 3. The second kappa shape index (κ2) is 16.0. The third kappa shape index (κ3) is 7.19. The summed E-state index contributed by atoms with van der Waals surface area (Å²) in [7, 11) is 3.45. The molecule has 53 heavy (non-hydrogen) atoms. The second-order valence-electron chi connectivity index (χ2n) is 11.6. The molecular formula is C42H40N6O5. The number of allylic oxidation sites excluding steroid dienone is 3. The number of anilines is 1. The predicted octanol–water partition coefficient (Wildman–Crippen LogP) is 8.57. The largest absolute Gasteiger partial charge is 0.497 e. The van der Waals surface area contributed by atoms with E-state index in [2.05, 4.69) is 39.5 Å². The van der Waals surface area contributed by atoms with E-state index in [1.165, 1.54) is 0 Å². The van der Waals surface area contributed by atoms with Crippen LogP contribution < -0.4 is 31.2 Å². The Kier molecular flexibility index (Phi) is 10.9. The molecule has 1 unspecified atom stereocenters. The Hall–Kier alpha value is -6.85. The second-order valence-corrected chi connectivity index (χ2v) is 11.6. The van der Waals surface area contributed by atoms with Crippen LogP contribution in [0.25, 0.3) is 27.7 Å². The van der Waals surface area contributed by atoms with Gasteiger partial charge in [-0.1, -0.05) is 51.3 Å². The molecule has 11 nitrogen and oxygen atoms in total. The van der Waals surface area contributed by atoms with E-state index >= 15 is 0 Å². The van der Waals surface area contributed by atoms with Crippen molar-refractivity contribution >= 4 is 22.4 Å². The van der Waals surface area contributed by atoms with E-state index in [0.717, 1.165) is 56.4 Å². The summed E-state index contributed by atoms with van der Waals surface area (Å²) < 4.78 is 18.6. The number of aromatic nitrogens is 3. The van der Waals surface area contributed by atoms with Crippen LogP contribution in [0.4, 0.5) is 5.69 Å². The summed E-state index contributed by atoms with van der Waals surface area (Å²) in [6.45, 7) is 11.0. The van der Waals surface area contributed by atoms with Crippen LogP contribution in [0.3, 0.4) is 0 Å². The predicted molar refractivity (Wildman–Crippen MR) is 209 cm³/mol. The molecule has 0 spiro atoms. The van der Waals surface area contributed by atoms with Crippen molar-refractivity contribution in [3.63, 3.8) is 0 Å². The van der Waals surface area contributed by atoms with Gasteiger partial charge in [0.05, 0.1) is 23.9 Å². The zero-order valence-corrected chi connectivity index (χ0v) is 29.9. The summed E-state index contributed by atoms with van der Waals surface area (Å²) >= 11 is 0. The van der Waals surface area contributed by atoms with Gasteiger partial charge < -0.3 is 24.1 Å². The van der Waals surface area contributed by atoms with Gasteiger partial charge in [0.15, 0.2) is 0 Å². The zero-order chi connectivity index (χ0) is 37.5. The number of amides is 1. The highest BCUT2D eigenvalue weighted by molar-refractivity contribution is 6.02. The maximum atomic E-state index is 12.0. The minimum atomic E-state index is -0.209. The van der Waals surface area contributed by atoms with Gasteiger partial charge >= 0.3 is 0 Å². The molecule has 0 saturated carbocycles. The quantitative estimate of drug-likeness (QED) is 0.103. The van der Waals surface area contributed by atoms with Gasteiger partial charge in [-0.3, -0.25) is 15.0 Å². The van der Waals surface area contributed by atoms with E-state index in [9.17, 15) is 9.59 Å². The molecule has 4 aromatic carbocycles. The number of benzene rings is 4. The van der Waals surface area contributed by atoms with Crippen LogP contribution in [0, 0.1) is 0 Å². The molecule has 0 fully saturated rings. The van der Waals surface area contributed by atoms with Crippen LogP contribution >= 0.6 is 0 Å². The van der Waals surface area contributed by atoms with Crippen molar-refractivity contribution < 1.29 is 19.0 Å². The summed E-state index contributed by atoms with van der Waals surface area (Å²) in [4.78, 5) is 23.9. The molecule has 0 saturated heterocycles. The van der Waals surface area contributed by atoms with Crippen LogP contribution in [-0.2, 0) is 4.74 Å². The molecule has 268 valence electrons. The molecule has 3 aliphatic heterocycles. The fourth-order valence-corrected chi connectivity index (χ4v) is 6.07. The topological polar surface area (TPSA) is 132 Å². The van der Waals surface area contributed by atoms with Gasteiger partial charge in [-0.15, -0.1) is 0 Å². The Morgan fingerprint density at radius 2 is 1.64 bits per heavy atom. The maximum absolute atomic E-state index is 12.0. The first-order valence-corrected chi connectivity index (χ1v) is 17.1. The highest BCUT2D eigenvalue weighted by Crippen LogP contribution is 2.46. The number of rotatable bonds is 5. The van der Waals surface area contributed by atoms with Crippen molar-refractivity contribution in [1.29, 1.82) is 0 Å². The smallest absolute Gasteiger partial charge is 0.272 e. The van der Waals surface area contributed by atoms with Crippen molar-refractivity contribution in [2.45, 2.75) is 19.9 Å². The number of nitrogens with zero attached hydrogens (tertiary/aromatic N) is 2. The number of hydrazine groups is 1. The van der Waals surface area contributed by atoms with Crippen molar-refractivity contribution in [3.8, 4) is 39.9 Å². The Morgan fingerprint density at radius 1 is 0.906 bits per heavy atom. The van der Waals surface area contributed by atoms with Gasteiger partial charge in [0.2, 0.25) is 0 Å². The summed E-state index contributed by atoms with van der Waals surface area (Å²) in [5.74, 6) is 3.46. The SMILES string of the molecule is C=C/C=C\C(=C)OC.CC.CNc1ccc2c(c1)C1NNC(=O)c3cccc(c31)O2.O=c1[nH]nc2c3c(cccc13)Oc1ccc(-n3cccc3)cc1-2. The molecule has 0 bridgehead atoms. The van der Waals surface area contributed by atoms with Crippen LogP contribution in [0.5, 0.6) is 23.0 Å². The van der Waals surface area contributed by atoms with Gasteiger partial charge in [0, 0.05) is 53.1 Å². The monoisotopic (exact) mass is 708 g/mol. The van der Waals surface area contributed by atoms with Crippen molar-refractivity contribution in [2.75, 3.05) is 19.5 Å². The average molecular weight is 709 g/mol. The number of carbonyl (C=O) groups excluding carboxylic acids is 1. The summed E-state index contributed by atoms with van der Waals surface area (Å²) in [6, 6.07) is 26.7. The highest BCUT2D eigenvalue weighted by atomic mass is 16.5. The Labute approximate surface area is 307 Å². The number of aromatic amines is 1. The van der Waals surface area contributed by atoms with Gasteiger partial charge in [-0.25, -0.2) is 10.5 Å². The van der Waals surface area contributed by atoms with E-state index in [4.69, 9.17) is 14.2 Å². The molecular weight excluding hydrogens is 668 g/mol. The Bertz CT molecular complexity index is 2400. The fourth-order valence-electron chi connectivity index (χ4n) is 6.07. The lowest BCUT2D eigenvalue weighted by atomic mass is 9.89. The van der Waals surface area contributed by atoms with Crippen LogP contribution in [0.15, 0.2) is 139 Å². The first-order chi connectivity index (χ1) is 25.9. The Morgan fingerprint density at radius 3 is 2.40 bits per heavy atom. The van der Waals surface area contributed by atoms with Gasteiger partial charge in [0.25, 0.3) is 11.5 Å². The molecule has 1 amide bonds. The fraction of sp³-hybridized carbons (Fsp3) is 0.119. The first-order valence-electron chi connectivity index (χ1n) is 17.1. The van der Waals surface area contributed by atoms with Gasteiger partial charge in [0.1, 0.15) is 34.5 Å². The molecule has 1 atom stereocenters. The summed E-state index contributed by atoms with van der Waals surface area (Å²) in [6.07, 6.45) is 9.15. The first kappa shape index (κ1) is 36.0. The number of carbonyl (C=O) groups is 1. The van der Waals surface area contributed by atoms with Crippen molar-refractivity contribution in [3.05, 3.63) is 162 Å². The van der Waals surface area contributed by atoms with Crippen molar-refractivity contribution in [2.24, 2.45) is 0 Å². The number of nitrogens with one attached hydrogen (secondary N) is 4. The number of hydrogen-bond donors (Lipinski definition) is 4. The highest BCUT2D eigenvalue weighted by Gasteiger charge is 2.35. The minimum Gasteiger partial charge on any atom is -0.497 e. The molecule has 11 heteroatoms. The summed E-state index contributed by atoms with van der Waals surface area (Å²) in [5, 5.41) is 11.3.